The molecule has 0 aliphatic heterocycles. The molecule has 0 unspecified atom stereocenters. The zero-order valence-corrected chi connectivity index (χ0v) is 21.9. The smallest absolute Gasteiger partial charge is 0.292 e. The molecule has 0 radical (unpaired) electrons. The molecule has 0 amide bonds. The van der Waals surface area contributed by atoms with E-state index in [9.17, 15) is 4.79 Å². The molecular weight excluding hydrogens is 396 g/mol. The van der Waals surface area contributed by atoms with E-state index < -0.39 is 8.32 Å². The molecule has 0 heterocycles. The Bertz CT molecular complexity index is 541. The van der Waals surface area contributed by atoms with Gasteiger partial charge in [0.15, 0.2) is 0 Å². The van der Waals surface area contributed by atoms with E-state index in [1.165, 1.54) is 95.5 Å². The summed E-state index contributed by atoms with van der Waals surface area (Å²) in [4.78, 5) is 12.2. The number of unbranched alkanes of at least 4 members (excludes halogenated alkanes) is 15. The standard InChI is InChI=1S/C28H50O2Si/c1-4-5-6-7-8-9-10-11-12-13-14-15-16-17-18-22-25-28(29)30-31(2,3)26-27-23-20-19-21-24-27/h19-21,23-24H,4-18,22,25-26H2,1-3H3. The predicted molar refractivity (Wildman–Crippen MR) is 138 cm³/mol. The van der Waals surface area contributed by atoms with Crippen molar-refractivity contribution < 1.29 is 9.22 Å². The Balaban J connectivity index is 1.88. The van der Waals surface area contributed by atoms with E-state index >= 15 is 0 Å². The lowest BCUT2D eigenvalue weighted by atomic mass is 10.0. The molecule has 0 atom stereocenters. The molecule has 31 heavy (non-hydrogen) atoms. The van der Waals surface area contributed by atoms with Gasteiger partial charge in [-0.2, -0.15) is 0 Å². The van der Waals surface area contributed by atoms with Crippen LogP contribution in [-0.2, 0) is 15.3 Å². The first kappa shape index (κ1) is 27.9. The van der Waals surface area contributed by atoms with E-state index in [1.54, 1.807) is 0 Å². The highest BCUT2D eigenvalue weighted by atomic mass is 28.4. The van der Waals surface area contributed by atoms with Crippen LogP contribution in [0.4, 0.5) is 0 Å². The molecule has 178 valence electrons. The number of rotatable bonds is 20. The minimum Gasteiger partial charge on any atom is -0.519 e. The van der Waals surface area contributed by atoms with Crippen LogP contribution < -0.4 is 0 Å². The highest BCUT2D eigenvalue weighted by Gasteiger charge is 2.27. The zero-order chi connectivity index (χ0) is 22.6. The highest BCUT2D eigenvalue weighted by Crippen LogP contribution is 2.16. The lowest BCUT2D eigenvalue weighted by Crippen LogP contribution is -2.36. The molecular formula is C28H50O2Si. The summed E-state index contributed by atoms with van der Waals surface area (Å²) in [6.07, 6.45) is 22.3. The lowest BCUT2D eigenvalue weighted by molar-refractivity contribution is -0.135. The van der Waals surface area contributed by atoms with Crippen molar-refractivity contribution in [3.8, 4) is 0 Å². The van der Waals surface area contributed by atoms with Crippen LogP contribution in [0.25, 0.3) is 0 Å². The normalized spacial score (nSPS) is 11.6. The Kier molecular flexibility index (Phi) is 16.7. The third kappa shape index (κ3) is 17.2. The molecule has 0 spiro atoms. The monoisotopic (exact) mass is 446 g/mol. The van der Waals surface area contributed by atoms with Crippen molar-refractivity contribution in [2.45, 2.75) is 135 Å². The van der Waals surface area contributed by atoms with Gasteiger partial charge in [-0.1, -0.05) is 134 Å². The van der Waals surface area contributed by atoms with E-state index in [2.05, 4.69) is 44.3 Å². The third-order valence-corrected chi connectivity index (χ3v) is 8.14. The summed E-state index contributed by atoms with van der Waals surface area (Å²) in [5.74, 6) is 0.0120. The maximum absolute atomic E-state index is 12.2. The van der Waals surface area contributed by atoms with Crippen LogP contribution in [0.2, 0.25) is 13.1 Å². The molecule has 0 saturated heterocycles. The van der Waals surface area contributed by atoms with Crippen molar-refractivity contribution >= 4 is 14.3 Å². The van der Waals surface area contributed by atoms with Gasteiger partial charge in [0.2, 0.25) is 0 Å². The lowest BCUT2D eigenvalue weighted by Gasteiger charge is -2.23. The van der Waals surface area contributed by atoms with Crippen molar-refractivity contribution in [2.75, 3.05) is 0 Å². The highest BCUT2D eigenvalue weighted by molar-refractivity contribution is 6.72. The molecule has 2 nitrogen and oxygen atoms in total. The first-order valence-electron chi connectivity index (χ1n) is 13.3. The fourth-order valence-electron chi connectivity index (χ4n) is 4.30. The molecule has 0 fully saturated rings. The minimum atomic E-state index is -1.97. The van der Waals surface area contributed by atoms with E-state index in [4.69, 9.17) is 4.43 Å². The Morgan fingerprint density at radius 1 is 0.677 bits per heavy atom. The van der Waals surface area contributed by atoms with Crippen LogP contribution in [0.5, 0.6) is 0 Å². The molecule has 3 heteroatoms. The molecule has 0 N–H and O–H groups in total. The SMILES string of the molecule is CCCCCCCCCCCCCCCCCCC(=O)O[Si](C)(C)Cc1ccccc1. The van der Waals surface area contributed by atoms with Crippen LogP contribution in [0, 0.1) is 0 Å². The second-order valence-electron chi connectivity index (χ2n) is 9.95. The molecule has 1 aromatic carbocycles. The fraction of sp³-hybridized carbons (Fsp3) is 0.750. The fourth-order valence-corrected chi connectivity index (χ4v) is 6.31. The number of hydrogen-bond acceptors (Lipinski definition) is 2. The van der Waals surface area contributed by atoms with Gasteiger partial charge in [-0.25, -0.2) is 0 Å². The molecule has 0 bridgehead atoms. The molecule has 0 aliphatic rings. The summed E-state index contributed by atoms with van der Waals surface area (Å²) in [6, 6.07) is 11.3. The van der Waals surface area contributed by atoms with Gasteiger partial charge in [0.05, 0.1) is 0 Å². The summed E-state index contributed by atoms with van der Waals surface area (Å²) >= 11 is 0. The maximum atomic E-state index is 12.2. The van der Waals surface area contributed by atoms with Gasteiger partial charge in [-0.05, 0) is 25.1 Å². The molecule has 0 aliphatic carbocycles. The van der Waals surface area contributed by atoms with Crippen molar-refractivity contribution in [2.24, 2.45) is 0 Å². The van der Waals surface area contributed by atoms with Crippen molar-refractivity contribution in [3.63, 3.8) is 0 Å². The van der Waals surface area contributed by atoms with E-state index in [0.29, 0.717) is 6.42 Å². The Hall–Kier alpha value is -1.09. The summed E-state index contributed by atoms with van der Waals surface area (Å²) in [6.45, 7) is 6.57. The van der Waals surface area contributed by atoms with E-state index in [0.717, 1.165) is 18.9 Å². The minimum absolute atomic E-state index is 0.0120. The van der Waals surface area contributed by atoms with Gasteiger partial charge in [-0.15, -0.1) is 0 Å². The Morgan fingerprint density at radius 3 is 1.55 bits per heavy atom. The van der Waals surface area contributed by atoms with Crippen molar-refractivity contribution in [3.05, 3.63) is 35.9 Å². The Labute approximate surface area is 194 Å². The Morgan fingerprint density at radius 2 is 1.10 bits per heavy atom. The first-order valence-corrected chi connectivity index (χ1v) is 16.4. The second kappa shape index (κ2) is 18.5. The summed E-state index contributed by atoms with van der Waals surface area (Å²) in [7, 11) is -1.97. The number of hydrogen-bond donors (Lipinski definition) is 0. The third-order valence-electron chi connectivity index (χ3n) is 6.10. The summed E-state index contributed by atoms with van der Waals surface area (Å²) in [5, 5.41) is 0. The van der Waals surface area contributed by atoms with Gasteiger partial charge in [-0.3, -0.25) is 4.79 Å². The number of carbonyl (C=O) groups is 1. The van der Waals surface area contributed by atoms with Gasteiger partial charge in [0, 0.05) is 12.5 Å². The first-order chi connectivity index (χ1) is 15.0. The van der Waals surface area contributed by atoms with Crippen LogP contribution in [0.1, 0.15) is 122 Å². The molecule has 1 rings (SSSR count). The van der Waals surface area contributed by atoms with Crippen LogP contribution in [-0.4, -0.2) is 14.3 Å². The topological polar surface area (TPSA) is 26.3 Å². The molecule has 0 aromatic heterocycles. The van der Waals surface area contributed by atoms with Gasteiger partial charge in [0.1, 0.15) is 0 Å². The zero-order valence-electron chi connectivity index (χ0n) is 20.9. The van der Waals surface area contributed by atoms with Crippen molar-refractivity contribution in [1.29, 1.82) is 0 Å². The second-order valence-corrected chi connectivity index (χ2v) is 14.0. The average Bonchev–Trinajstić information content (AvgIpc) is 2.73. The van der Waals surface area contributed by atoms with E-state index in [1.807, 2.05) is 6.07 Å². The maximum Gasteiger partial charge on any atom is 0.292 e. The number of carbonyl (C=O) groups excluding carboxylic acids is 1. The van der Waals surface area contributed by atoms with Crippen LogP contribution >= 0.6 is 0 Å². The average molecular weight is 447 g/mol. The number of benzene rings is 1. The van der Waals surface area contributed by atoms with Crippen molar-refractivity contribution in [1.82, 2.24) is 0 Å². The van der Waals surface area contributed by atoms with Crippen LogP contribution in [0.3, 0.4) is 0 Å². The molecule has 1 aromatic rings. The quantitative estimate of drug-likeness (QED) is 0.147. The van der Waals surface area contributed by atoms with Crippen LogP contribution in [0.15, 0.2) is 30.3 Å². The predicted octanol–water partition coefficient (Wildman–Crippen LogP) is 9.17. The van der Waals surface area contributed by atoms with Gasteiger partial charge < -0.3 is 4.43 Å². The van der Waals surface area contributed by atoms with E-state index in [-0.39, 0.29) is 5.97 Å². The summed E-state index contributed by atoms with van der Waals surface area (Å²) < 4.78 is 5.87. The van der Waals surface area contributed by atoms with Gasteiger partial charge >= 0.3 is 0 Å². The van der Waals surface area contributed by atoms with Gasteiger partial charge in [0.25, 0.3) is 14.3 Å². The molecule has 0 saturated carbocycles. The largest absolute Gasteiger partial charge is 0.519 e. The summed E-state index contributed by atoms with van der Waals surface area (Å²) in [5.41, 5.74) is 1.27.